The number of hydrogen-bond acceptors (Lipinski definition) is 3. The van der Waals surface area contributed by atoms with Crippen molar-refractivity contribution in [3.05, 3.63) is 35.9 Å². The van der Waals surface area contributed by atoms with Crippen molar-refractivity contribution in [2.75, 3.05) is 13.6 Å². The first-order valence-electron chi connectivity index (χ1n) is 7.54. The Kier molecular flexibility index (Phi) is 4.98. The zero-order valence-electron chi connectivity index (χ0n) is 12.8. The summed E-state index contributed by atoms with van der Waals surface area (Å²) in [6.07, 6.45) is 3.58. The summed E-state index contributed by atoms with van der Waals surface area (Å²) in [5.74, 6) is -0.0660. The summed E-state index contributed by atoms with van der Waals surface area (Å²) in [5.41, 5.74) is 0.553. The normalized spacial score (nSPS) is 18.2. The minimum Gasteiger partial charge on any atom is -0.337 e. The molecular weight excluding hydrogens is 262 g/mol. The van der Waals surface area contributed by atoms with Crippen molar-refractivity contribution in [1.29, 1.82) is 5.26 Å². The first-order chi connectivity index (χ1) is 10.1. The van der Waals surface area contributed by atoms with E-state index >= 15 is 0 Å². The molecule has 0 spiro atoms. The maximum atomic E-state index is 12.2. The van der Waals surface area contributed by atoms with Crippen LogP contribution >= 0.6 is 0 Å². The number of carbonyl (C=O) groups is 1. The summed E-state index contributed by atoms with van der Waals surface area (Å²) in [7, 11) is 1.94. The lowest BCUT2D eigenvalue weighted by Crippen LogP contribution is -2.48. The number of benzene rings is 1. The number of nitrogens with one attached hydrogen (secondary N) is 1. The molecule has 1 atom stereocenters. The SMILES string of the molecule is C[C@H](c1ccccc1)N(C)CC(=O)NC1(C#N)CCCC1. The van der Waals surface area contributed by atoms with Crippen molar-refractivity contribution in [2.45, 2.75) is 44.2 Å². The molecule has 1 N–H and O–H groups in total. The summed E-state index contributed by atoms with van der Waals surface area (Å²) in [4.78, 5) is 14.2. The Morgan fingerprint density at radius 1 is 1.38 bits per heavy atom. The second kappa shape index (κ2) is 6.73. The van der Waals surface area contributed by atoms with Gasteiger partial charge in [-0.15, -0.1) is 0 Å². The van der Waals surface area contributed by atoms with Crippen molar-refractivity contribution in [1.82, 2.24) is 10.2 Å². The number of likely N-dealkylation sites (N-methyl/N-ethyl adjacent to an activating group) is 1. The molecule has 1 fully saturated rings. The maximum absolute atomic E-state index is 12.2. The van der Waals surface area contributed by atoms with Gasteiger partial charge in [-0.1, -0.05) is 30.3 Å². The van der Waals surface area contributed by atoms with Crippen molar-refractivity contribution in [3.8, 4) is 6.07 Å². The molecule has 1 saturated carbocycles. The molecule has 2 rings (SSSR count). The fraction of sp³-hybridized carbons (Fsp3) is 0.529. The van der Waals surface area contributed by atoms with Gasteiger partial charge in [-0.25, -0.2) is 0 Å². The largest absolute Gasteiger partial charge is 0.337 e. The van der Waals surface area contributed by atoms with Crippen LogP contribution in [-0.4, -0.2) is 29.9 Å². The lowest BCUT2D eigenvalue weighted by Gasteiger charge is -2.27. The molecule has 112 valence electrons. The monoisotopic (exact) mass is 285 g/mol. The molecule has 1 aliphatic carbocycles. The van der Waals surface area contributed by atoms with Crippen LogP contribution in [0.5, 0.6) is 0 Å². The molecule has 4 heteroatoms. The molecule has 1 aromatic rings. The summed E-state index contributed by atoms with van der Waals surface area (Å²) in [6, 6.07) is 12.6. The Labute approximate surface area is 126 Å². The highest BCUT2D eigenvalue weighted by atomic mass is 16.2. The van der Waals surface area contributed by atoms with Crippen LogP contribution in [0.2, 0.25) is 0 Å². The third-order valence-electron chi connectivity index (χ3n) is 4.39. The smallest absolute Gasteiger partial charge is 0.235 e. The Bertz CT molecular complexity index is 515. The van der Waals surface area contributed by atoms with Gasteiger partial charge in [-0.2, -0.15) is 5.26 Å². The third kappa shape index (κ3) is 3.83. The van der Waals surface area contributed by atoms with Gasteiger partial charge < -0.3 is 5.32 Å². The average molecular weight is 285 g/mol. The standard InChI is InChI=1S/C17H23N3O/c1-14(15-8-4-3-5-9-15)20(2)12-16(21)19-17(13-18)10-6-7-11-17/h3-5,8-9,14H,6-7,10-12H2,1-2H3,(H,19,21)/t14-/m1/s1. The summed E-state index contributed by atoms with van der Waals surface area (Å²) < 4.78 is 0. The van der Waals surface area contributed by atoms with Gasteiger partial charge in [0, 0.05) is 6.04 Å². The fourth-order valence-corrected chi connectivity index (χ4v) is 2.90. The molecule has 0 heterocycles. The van der Waals surface area contributed by atoms with Crippen LogP contribution in [0.1, 0.15) is 44.2 Å². The van der Waals surface area contributed by atoms with E-state index in [-0.39, 0.29) is 11.9 Å². The lowest BCUT2D eigenvalue weighted by atomic mass is 10.00. The quantitative estimate of drug-likeness (QED) is 0.905. The highest BCUT2D eigenvalue weighted by Crippen LogP contribution is 2.28. The number of nitriles is 1. The molecule has 1 aromatic carbocycles. The van der Waals surface area contributed by atoms with Gasteiger partial charge in [0.2, 0.25) is 5.91 Å². The average Bonchev–Trinajstić information content (AvgIpc) is 2.96. The highest BCUT2D eigenvalue weighted by molar-refractivity contribution is 5.79. The second-order valence-electron chi connectivity index (χ2n) is 5.95. The van der Waals surface area contributed by atoms with Crippen LogP contribution in [0.3, 0.4) is 0 Å². The van der Waals surface area contributed by atoms with E-state index in [9.17, 15) is 10.1 Å². The summed E-state index contributed by atoms with van der Waals surface area (Å²) >= 11 is 0. The van der Waals surface area contributed by atoms with Crippen LogP contribution in [0.25, 0.3) is 0 Å². The van der Waals surface area contributed by atoms with E-state index in [4.69, 9.17) is 0 Å². The Hall–Kier alpha value is -1.86. The van der Waals surface area contributed by atoms with E-state index in [1.54, 1.807) is 0 Å². The first kappa shape index (κ1) is 15.5. The van der Waals surface area contributed by atoms with E-state index < -0.39 is 5.54 Å². The molecule has 4 nitrogen and oxygen atoms in total. The van der Waals surface area contributed by atoms with Gasteiger partial charge >= 0.3 is 0 Å². The number of hydrogen-bond donors (Lipinski definition) is 1. The number of rotatable bonds is 5. The molecule has 1 aliphatic rings. The van der Waals surface area contributed by atoms with Gasteiger partial charge in [0.1, 0.15) is 5.54 Å². The molecule has 21 heavy (non-hydrogen) atoms. The minimum absolute atomic E-state index is 0.0660. The van der Waals surface area contributed by atoms with E-state index in [0.717, 1.165) is 25.7 Å². The van der Waals surface area contributed by atoms with E-state index in [0.29, 0.717) is 6.54 Å². The first-order valence-corrected chi connectivity index (χ1v) is 7.54. The fourth-order valence-electron chi connectivity index (χ4n) is 2.90. The summed E-state index contributed by atoms with van der Waals surface area (Å²) in [6.45, 7) is 2.39. The van der Waals surface area contributed by atoms with Crippen LogP contribution in [-0.2, 0) is 4.79 Å². The number of nitrogens with zero attached hydrogens (tertiary/aromatic N) is 2. The molecule has 0 saturated heterocycles. The topological polar surface area (TPSA) is 56.1 Å². The predicted octanol–water partition coefficient (Wildman–Crippen LogP) is 2.63. The molecular formula is C17H23N3O. The van der Waals surface area contributed by atoms with Gasteiger partial charge in [0.05, 0.1) is 12.6 Å². The van der Waals surface area contributed by atoms with Crippen molar-refractivity contribution >= 4 is 5.91 Å². The van der Waals surface area contributed by atoms with Crippen LogP contribution in [0.15, 0.2) is 30.3 Å². The molecule has 0 bridgehead atoms. The van der Waals surface area contributed by atoms with Gasteiger partial charge in [0.25, 0.3) is 0 Å². The van der Waals surface area contributed by atoms with Crippen LogP contribution in [0, 0.1) is 11.3 Å². The molecule has 0 radical (unpaired) electrons. The van der Waals surface area contributed by atoms with Gasteiger partial charge in [-0.3, -0.25) is 9.69 Å². The Morgan fingerprint density at radius 3 is 2.57 bits per heavy atom. The number of amides is 1. The van der Waals surface area contributed by atoms with Gasteiger partial charge in [-0.05, 0) is 45.2 Å². The number of carbonyl (C=O) groups excluding carboxylic acids is 1. The zero-order chi connectivity index (χ0) is 15.3. The summed E-state index contributed by atoms with van der Waals surface area (Å²) in [5, 5.41) is 12.2. The van der Waals surface area contributed by atoms with E-state index in [1.807, 2.05) is 30.1 Å². The zero-order valence-corrected chi connectivity index (χ0v) is 12.8. The van der Waals surface area contributed by atoms with Crippen molar-refractivity contribution in [2.24, 2.45) is 0 Å². The molecule has 1 amide bonds. The van der Waals surface area contributed by atoms with Crippen LogP contribution in [0.4, 0.5) is 0 Å². The lowest BCUT2D eigenvalue weighted by molar-refractivity contribution is -0.123. The van der Waals surface area contributed by atoms with Crippen LogP contribution < -0.4 is 5.32 Å². The third-order valence-corrected chi connectivity index (χ3v) is 4.39. The predicted molar refractivity (Wildman–Crippen MR) is 82.4 cm³/mol. The minimum atomic E-state index is -0.631. The molecule has 0 aliphatic heterocycles. The van der Waals surface area contributed by atoms with Gasteiger partial charge in [0.15, 0.2) is 0 Å². The van der Waals surface area contributed by atoms with E-state index in [1.165, 1.54) is 5.56 Å². The highest BCUT2D eigenvalue weighted by Gasteiger charge is 2.35. The Balaban J connectivity index is 1.92. The molecule has 0 aromatic heterocycles. The second-order valence-corrected chi connectivity index (χ2v) is 5.95. The Morgan fingerprint density at radius 2 is 2.00 bits per heavy atom. The molecule has 0 unspecified atom stereocenters. The van der Waals surface area contributed by atoms with Crippen molar-refractivity contribution in [3.63, 3.8) is 0 Å². The maximum Gasteiger partial charge on any atom is 0.235 e. The van der Waals surface area contributed by atoms with Crippen molar-refractivity contribution < 1.29 is 4.79 Å². The van der Waals surface area contributed by atoms with E-state index in [2.05, 4.69) is 30.4 Å².